The van der Waals surface area contributed by atoms with Gasteiger partial charge in [0.15, 0.2) is 0 Å². The monoisotopic (exact) mass is 209 g/mol. The van der Waals surface area contributed by atoms with Gasteiger partial charge in [-0.3, -0.25) is 0 Å². The van der Waals surface area contributed by atoms with Crippen molar-refractivity contribution in [1.82, 2.24) is 0 Å². The number of ether oxygens (including phenoxy) is 1. The maximum atomic E-state index is 5.44. The van der Waals surface area contributed by atoms with Crippen molar-refractivity contribution in [2.45, 2.75) is 34.6 Å². The molecular formula is C13H23NO. The number of rotatable bonds is 0. The lowest BCUT2D eigenvalue weighted by Crippen LogP contribution is -2.17. The summed E-state index contributed by atoms with van der Waals surface area (Å²) in [5, 5.41) is 3.26. The molecule has 0 amide bonds. The molecular weight excluding hydrogens is 186 g/mol. The van der Waals surface area contributed by atoms with Crippen LogP contribution in [0.3, 0.4) is 0 Å². The highest BCUT2D eigenvalue weighted by molar-refractivity contribution is 5.58. The summed E-state index contributed by atoms with van der Waals surface area (Å²) >= 11 is 0. The molecule has 0 saturated heterocycles. The van der Waals surface area contributed by atoms with Crippen LogP contribution in [0, 0.1) is 6.92 Å². The first-order chi connectivity index (χ1) is 7.36. The summed E-state index contributed by atoms with van der Waals surface area (Å²) in [4.78, 5) is 0. The SMILES string of the molecule is CC.CC.Cc1ccc2c(c1)OCCN2. The summed E-state index contributed by atoms with van der Waals surface area (Å²) in [6.45, 7) is 11.8. The molecule has 2 heteroatoms. The topological polar surface area (TPSA) is 21.3 Å². The van der Waals surface area contributed by atoms with Gasteiger partial charge in [0, 0.05) is 6.54 Å². The van der Waals surface area contributed by atoms with E-state index in [2.05, 4.69) is 30.4 Å². The van der Waals surface area contributed by atoms with Crippen molar-refractivity contribution in [3.05, 3.63) is 23.8 Å². The lowest BCUT2D eigenvalue weighted by molar-refractivity contribution is 0.323. The van der Waals surface area contributed by atoms with Gasteiger partial charge in [0.25, 0.3) is 0 Å². The van der Waals surface area contributed by atoms with Crippen LogP contribution in [0.4, 0.5) is 5.69 Å². The zero-order valence-corrected chi connectivity index (χ0v) is 10.6. The lowest BCUT2D eigenvalue weighted by Gasteiger charge is -2.18. The van der Waals surface area contributed by atoms with E-state index in [9.17, 15) is 0 Å². The molecule has 0 spiro atoms. The van der Waals surface area contributed by atoms with Crippen LogP contribution in [0.5, 0.6) is 5.75 Å². The molecule has 0 unspecified atom stereocenters. The highest BCUT2D eigenvalue weighted by Crippen LogP contribution is 2.27. The molecule has 15 heavy (non-hydrogen) atoms. The van der Waals surface area contributed by atoms with E-state index in [0.29, 0.717) is 0 Å². The average Bonchev–Trinajstić information content (AvgIpc) is 2.34. The maximum Gasteiger partial charge on any atom is 0.142 e. The van der Waals surface area contributed by atoms with Crippen molar-refractivity contribution < 1.29 is 4.74 Å². The second kappa shape index (κ2) is 8.16. The van der Waals surface area contributed by atoms with Gasteiger partial charge >= 0.3 is 0 Å². The van der Waals surface area contributed by atoms with E-state index in [0.717, 1.165) is 24.6 Å². The summed E-state index contributed by atoms with van der Waals surface area (Å²) in [6.07, 6.45) is 0. The number of aryl methyl sites for hydroxylation is 1. The van der Waals surface area contributed by atoms with E-state index >= 15 is 0 Å². The number of nitrogens with one attached hydrogen (secondary N) is 1. The zero-order valence-electron chi connectivity index (χ0n) is 10.6. The summed E-state index contributed by atoms with van der Waals surface area (Å²) in [5.41, 5.74) is 2.36. The fraction of sp³-hybridized carbons (Fsp3) is 0.538. The van der Waals surface area contributed by atoms with Crippen LogP contribution in [0.15, 0.2) is 18.2 Å². The molecule has 2 rings (SSSR count). The standard InChI is InChI=1S/C9H11NO.2C2H6/c1-7-2-3-8-9(6-7)11-5-4-10-8;2*1-2/h2-3,6,10H,4-5H2,1H3;2*1-2H3. The third-order valence-electron chi connectivity index (χ3n) is 1.81. The van der Waals surface area contributed by atoms with Gasteiger partial charge in [-0.25, -0.2) is 0 Å². The second-order valence-corrected chi connectivity index (χ2v) is 2.77. The van der Waals surface area contributed by atoms with Crippen molar-refractivity contribution in [3.63, 3.8) is 0 Å². The molecule has 0 bridgehead atoms. The number of hydrogen-bond acceptors (Lipinski definition) is 2. The number of hydrogen-bond donors (Lipinski definition) is 1. The van der Waals surface area contributed by atoms with Gasteiger partial charge in [0.2, 0.25) is 0 Å². The molecule has 1 aromatic rings. The fourth-order valence-electron chi connectivity index (χ4n) is 1.24. The maximum absolute atomic E-state index is 5.44. The molecule has 0 radical (unpaired) electrons. The van der Waals surface area contributed by atoms with Crippen LogP contribution in [-0.2, 0) is 0 Å². The molecule has 1 aromatic carbocycles. The molecule has 0 atom stereocenters. The Bertz CT molecular complexity index is 271. The summed E-state index contributed by atoms with van der Waals surface area (Å²) in [5.74, 6) is 0.983. The largest absolute Gasteiger partial charge is 0.490 e. The first-order valence-electron chi connectivity index (χ1n) is 5.83. The molecule has 1 N–H and O–H groups in total. The Balaban J connectivity index is 0.000000442. The summed E-state index contributed by atoms with van der Waals surface area (Å²) in [6, 6.07) is 6.20. The summed E-state index contributed by atoms with van der Waals surface area (Å²) in [7, 11) is 0. The van der Waals surface area contributed by atoms with E-state index in [-0.39, 0.29) is 0 Å². The van der Waals surface area contributed by atoms with Crippen molar-refractivity contribution in [2.24, 2.45) is 0 Å². The molecule has 1 heterocycles. The van der Waals surface area contributed by atoms with Gasteiger partial charge in [-0.15, -0.1) is 0 Å². The van der Waals surface area contributed by atoms with Crippen LogP contribution >= 0.6 is 0 Å². The Morgan fingerprint density at radius 2 is 1.80 bits per heavy atom. The molecule has 2 nitrogen and oxygen atoms in total. The number of fused-ring (bicyclic) bond motifs is 1. The Kier molecular flexibility index (Phi) is 7.51. The van der Waals surface area contributed by atoms with E-state index < -0.39 is 0 Å². The molecule has 0 saturated carbocycles. The van der Waals surface area contributed by atoms with Crippen molar-refractivity contribution in [2.75, 3.05) is 18.5 Å². The Hall–Kier alpha value is -1.18. The molecule has 1 aliphatic heterocycles. The summed E-state index contributed by atoms with van der Waals surface area (Å²) < 4.78 is 5.44. The van der Waals surface area contributed by atoms with E-state index in [1.807, 2.05) is 27.7 Å². The van der Waals surface area contributed by atoms with Gasteiger partial charge in [0.1, 0.15) is 12.4 Å². The zero-order chi connectivity index (χ0) is 11.7. The van der Waals surface area contributed by atoms with Crippen LogP contribution in [-0.4, -0.2) is 13.2 Å². The molecule has 86 valence electrons. The third-order valence-corrected chi connectivity index (χ3v) is 1.81. The molecule has 0 aliphatic carbocycles. The normalized spacial score (nSPS) is 11.5. The molecule has 1 aliphatic rings. The van der Waals surface area contributed by atoms with Crippen LogP contribution < -0.4 is 10.1 Å². The van der Waals surface area contributed by atoms with Crippen molar-refractivity contribution in [1.29, 1.82) is 0 Å². The Morgan fingerprint density at radius 3 is 2.47 bits per heavy atom. The predicted octanol–water partition coefficient (Wildman–Crippen LogP) is 3.85. The van der Waals surface area contributed by atoms with Gasteiger partial charge in [-0.1, -0.05) is 33.8 Å². The molecule has 0 fully saturated rings. The molecule has 0 aromatic heterocycles. The second-order valence-electron chi connectivity index (χ2n) is 2.77. The van der Waals surface area contributed by atoms with Crippen LogP contribution in [0.25, 0.3) is 0 Å². The van der Waals surface area contributed by atoms with Gasteiger partial charge in [0.05, 0.1) is 5.69 Å². The number of anilines is 1. The number of benzene rings is 1. The van der Waals surface area contributed by atoms with E-state index in [4.69, 9.17) is 4.74 Å². The lowest BCUT2D eigenvalue weighted by atomic mass is 10.2. The van der Waals surface area contributed by atoms with E-state index in [1.54, 1.807) is 0 Å². The quantitative estimate of drug-likeness (QED) is 0.700. The van der Waals surface area contributed by atoms with Gasteiger partial charge in [-0.05, 0) is 24.6 Å². The minimum absolute atomic E-state index is 0.774. The highest BCUT2D eigenvalue weighted by Gasteiger charge is 2.07. The van der Waals surface area contributed by atoms with Crippen LogP contribution in [0.2, 0.25) is 0 Å². The fourth-order valence-corrected chi connectivity index (χ4v) is 1.24. The Morgan fingerprint density at radius 1 is 1.13 bits per heavy atom. The average molecular weight is 209 g/mol. The van der Waals surface area contributed by atoms with Crippen molar-refractivity contribution in [3.8, 4) is 5.75 Å². The van der Waals surface area contributed by atoms with Crippen LogP contribution in [0.1, 0.15) is 33.3 Å². The Labute approximate surface area is 93.7 Å². The van der Waals surface area contributed by atoms with Crippen molar-refractivity contribution >= 4 is 5.69 Å². The van der Waals surface area contributed by atoms with Gasteiger partial charge in [-0.2, -0.15) is 0 Å². The minimum Gasteiger partial charge on any atom is -0.490 e. The first kappa shape index (κ1) is 13.8. The third kappa shape index (κ3) is 4.24. The minimum atomic E-state index is 0.774. The highest BCUT2D eigenvalue weighted by atomic mass is 16.5. The first-order valence-corrected chi connectivity index (χ1v) is 5.83. The predicted molar refractivity (Wildman–Crippen MR) is 67.9 cm³/mol. The smallest absolute Gasteiger partial charge is 0.142 e. The van der Waals surface area contributed by atoms with Gasteiger partial charge < -0.3 is 10.1 Å². The van der Waals surface area contributed by atoms with E-state index in [1.165, 1.54) is 5.56 Å².